The first kappa shape index (κ1) is 15.7. The Bertz CT molecular complexity index is 847. The maximum Gasteiger partial charge on any atom is 0.315 e. The fourth-order valence-electron chi connectivity index (χ4n) is 1.95. The predicted molar refractivity (Wildman–Crippen MR) is 87.9 cm³/mol. The lowest BCUT2D eigenvalue weighted by molar-refractivity contribution is -0.132. The fourth-order valence-corrected chi connectivity index (χ4v) is 2.47. The molecule has 9 heteroatoms. The molecular formula is C15H12N4O4S. The molecule has 0 saturated carbocycles. The molecule has 0 fully saturated rings. The largest absolute Gasteiger partial charge is 0.496 e. The van der Waals surface area contributed by atoms with Crippen LogP contribution in [0, 0.1) is 0 Å². The average molecular weight is 344 g/mol. The lowest BCUT2D eigenvalue weighted by Crippen LogP contribution is -2.29. The number of ether oxygens (including phenoxy) is 1. The molecule has 2 N–H and O–H groups in total. The van der Waals surface area contributed by atoms with E-state index in [4.69, 9.17) is 9.15 Å². The molecule has 0 aliphatic rings. The highest BCUT2D eigenvalue weighted by atomic mass is 32.1. The van der Waals surface area contributed by atoms with Crippen LogP contribution < -0.4 is 15.4 Å². The van der Waals surface area contributed by atoms with Crippen molar-refractivity contribution in [3.05, 3.63) is 42.4 Å². The second kappa shape index (κ2) is 6.92. The molecule has 3 rings (SSSR count). The molecule has 2 amide bonds. The molecule has 2 aromatic heterocycles. The van der Waals surface area contributed by atoms with E-state index in [1.807, 2.05) is 0 Å². The van der Waals surface area contributed by atoms with Gasteiger partial charge in [-0.05, 0) is 12.1 Å². The summed E-state index contributed by atoms with van der Waals surface area (Å²) in [6, 6.07) is 4.93. The smallest absolute Gasteiger partial charge is 0.315 e. The molecule has 122 valence electrons. The number of methoxy groups -OCH3 is 1. The lowest BCUT2D eigenvalue weighted by Gasteiger charge is -2.10. The van der Waals surface area contributed by atoms with Crippen LogP contribution in [0.5, 0.6) is 5.75 Å². The first-order chi connectivity index (χ1) is 11.7. The van der Waals surface area contributed by atoms with Gasteiger partial charge in [0.05, 0.1) is 18.9 Å². The summed E-state index contributed by atoms with van der Waals surface area (Å²) in [6.45, 7) is 0. The molecule has 24 heavy (non-hydrogen) atoms. The first-order valence-electron chi connectivity index (χ1n) is 6.76. The highest BCUT2D eigenvalue weighted by Gasteiger charge is 2.16. The molecule has 8 nitrogen and oxygen atoms in total. The van der Waals surface area contributed by atoms with Crippen LogP contribution in [-0.4, -0.2) is 28.9 Å². The van der Waals surface area contributed by atoms with Gasteiger partial charge in [0.25, 0.3) is 0 Å². The van der Waals surface area contributed by atoms with Gasteiger partial charge in [-0.3, -0.25) is 14.9 Å². The zero-order chi connectivity index (χ0) is 16.9. The number of hydrogen-bond acceptors (Lipinski definition) is 7. The van der Waals surface area contributed by atoms with Gasteiger partial charge in [-0.25, -0.2) is 9.97 Å². The average Bonchev–Trinajstić information content (AvgIpc) is 3.28. The Labute approximate surface area is 140 Å². The van der Waals surface area contributed by atoms with E-state index in [0.29, 0.717) is 27.9 Å². The van der Waals surface area contributed by atoms with E-state index in [-0.39, 0.29) is 0 Å². The number of thiazole rings is 1. The van der Waals surface area contributed by atoms with Crippen LogP contribution in [0.3, 0.4) is 0 Å². The number of amides is 2. The Morgan fingerprint density at radius 3 is 2.75 bits per heavy atom. The van der Waals surface area contributed by atoms with Crippen LogP contribution in [0.2, 0.25) is 0 Å². The normalized spacial score (nSPS) is 10.2. The van der Waals surface area contributed by atoms with Crippen molar-refractivity contribution in [2.75, 3.05) is 17.7 Å². The maximum absolute atomic E-state index is 11.9. The Hall–Kier alpha value is -3.20. The van der Waals surface area contributed by atoms with Crippen LogP contribution >= 0.6 is 11.3 Å². The molecule has 0 atom stereocenters. The van der Waals surface area contributed by atoms with E-state index >= 15 is 0 Å². The van der Waals surface area contributed by atoms with Gasteiger partial charge >= 0.3 is 11.8 Å². The van der Waals surface area contributed by atoms with Gasteiger partial charge in [0.2, 0.25) is 0 Å². The molecule has 0 unspecified atom stereocenters. The number of nitrogens with zero attached hydrogens (tertiary/aromatic N) is 2. The quantitative estimate of drug-likeness (QED) is 0.704. The van der Waals surface area contributed by atoms with E-state index in [2.05, 4.69) is 20.6 Å². The fraction of sp³-hybridized carbons (Fsp3) is 0.0667. The zero-order valence-corrected chi connectivity index (χ0v) is 13.3. The van der Waals surface area contributed by atoms with Crippen LogP contribution in [-0.2, 0) is 9.59 Å². The number of carbonyl (C=O) groups is 2. The SMILES string of the molecule is COc1cc(NC(=O)C(=O)Nc2nccs2)ccc1-c1cnco1. The maximum atomic E-state index is 11.9. The second-order valence-electron chi connectivity index (χ2n) is 4.53. The molecular weight excluding hydrogens is 332 g/mol. The van der Waals surface area contributed by atoms with E-state index in [1.165, 1.54) is 31.0 Å². The minimum atomic E-state index is -0.806. The summed E-state index contributed by atoms with van der Waals surface area (Å²) < 4.78 is 10.5. The van der Waals surface area contributed by atoms with Crippen molar-refractivity contribution in [3.63, 3.8) is 0 Å². The number of rotatable bonds is 4. The van der Waals surface area contributed by atoms with Gasteiger partial charge in [-0.15, -0.1) is 11.3 Å². The van der Waals surface area contributed by atoms with Crippen molar-refractivity contribution < 1.29 is 18.7 Å². The minimum absolute atomic E-state index is 0.355. The molecule has 0 saturated heterocycles. The number of nitrogens with one attached hydrogen (secondary N) is 2. The molecule has 0 aliphatic heterocycles. The molecule has 2 heterocycles. The Morgan fingerprint density at radius 2 is 2.08 bits per heavy atom. The summed E-state index contributed by atoms with van der Waals surface area (Å²) in [5, 5.41) is 6.96. The monoisotopic (exact) mass is 344 g/mol. The van der Waals surface area contributed by atoms with Crippen molar-refractivity contribution in [1.82, 2.24) is 9.97 Å². The highest BCUT2D eigenvalue weighted by Crippen LogP contribution is 2.32. The second-order valence-corrected chi connectivity index (χ2v) is 5.42. The first-order valence-corrected chi connectivity index (χ1v) is 7.64. The summed E-state index contributed by atoms with van der Waals surface area (Å²) in [6.07, 6.45) is 4.40. The standard InChI is InChI=1S/C15H12N4O4S/c1-22-11-6-9(2-3-10(11)12-7-16-8-23-12)18-13(20)14(21)19-15-17-4-5-24-15/h2-8H,1H3,(H,18,20)(H,17,19,21). The Balaban J connectivity index is 1.73. The highest BCUT2D eigenvalue weighted by molar-refractivity contribution is 7.13. The summed E-state index contributed by atoms with van der Waals surface area (Å²) >= 11 is 1.22. The number of aromatic nitrogens is 2. The number of hydrogen-bond donors (Lipinski definition) is 2. The van der Waals surface area contributed by atoms with Crippen LogP contribution in [0.1, 0.15) is 0 Å². The summed E-state index contributed by atoms with van der Waals surface area (Å²) in [4.78, 5) is 31.5. The molecule has 0 spiro atoms. The van der Waals surface area contributed by atoms with Gasteiger partial charge in [-0.2, -0.15) is 0 Å². The number of oxazole rings is 1. The van der Waals surface area contributed by atoms with Crippen molar-refractivity contribution >= 4 is 34.0 Å². The van der Waals surface area contributed by atoms with E-state index < -0.39 is 11.8 Å². The number of benzene rings is 1. The van der Waals surface area contributed by atoms with Crippen LogP contribution in [0.4, 0.5) is 10.8 Å². The lowest BCUT2D eigenvalue weighted by atomic mass is 10.1. The third-order valence-corrected chi connectivity index (χ3v) is 3.70. The third kappa shape index (κ3) is 3.41. The van der Waals surface area contributed by atoms with Crippen molar-refractivity contribution in [2.45, 2.75) is 0 Å². The van der Waals surface area contributed by atoms with Gasteiger partial charge in [-0.1, -0.05) is 0 Å². The third-order valence-electron chi connectivity index (χ3n) is 3.02. The topological polar surface area (TPSA) is 106 Å². The Morgan fingerprint density at radius 1 is 1.25 bits per heavy atom. The van der Waals surface area contributed by atoms with Gasteiger partial charge in [0.15, 0.2) is 17.3 Å². The number of anilines is 2. The van der Waals surface area contributed by atoms with Crippen molar-refractivity contribution in [2.24, 2.45) is 0 Å². The van der Waals surface area contributed by atoms with Crippen LogP contribution in [0.25, 0.3) is 11.3 Å². The molecule has 0 bridgehead atoms. The van der Waals surface area contributed by atoms with Crippen LogP contribution in [0.15, 0.2) is 46.8 Å². The molecule has 0 aliphatic carbocycles. The van der Waals surface area contributed by atoms with Crippen molar-refractivity contribution in [3.8, 4) is 17.1 Å². The van der Waals surface area contributed by atoms with E-state index in [0.717, 1.165) is 0 Å². The number of carbonyl (C=O) groups excluding carboxylic acids is 2. The molecule has 3 aromatic rings. The minimum Gasteiger partial charge on any atom is -0.496 e. The van der Waals surface area contributed by atoms with E-state index in [1.54, 1.807) is 29.8 Å². The van der Waals surface area contributed by atoms with Gasteiger partial charge in [0.1, 0.15) is 5.75 Å². The summed E-state index contributed by atoms with van der Waals surface area (Å²) in [7, 11) is 1.50. The van der Waals surface area contributed by atoms with Crippen molar-refractivity contribution in [1.29, 1.82) is 0 Å². The molecule has 0 radical (unpaired) electrons. The van der Waals surface area contributed by atoms with Gasteiger partial charge < -0.3 is 14.5 Å². The molecule has 1 aromatic carbocycles. The van der Waals surface area contributed by atoms with E-state index in [9.17, 15) is 9.59 Å². The van der Waals surface area contributed by atoms with Gasteiger partial charge in [0, 0.05) is 23.3 Å². The zero-order valence-electron chi connectivity index (χ0n) is 12.5. The Kier molecular flexibility index (Phi) is 4.52. The predicted octanol–water partition coefficient (Wildman–Crippen LogP) is 2.38. The summed E-state index contributed by atoms with van der Waals surface area (Å²) in [5.41, 5.74) is 1.09. The summed E-state index contributed by atoms with van der Waals surface area (Å²) in [5.74, 6) is -0.598.